The molecule has 116 valence electrons. The lowest BCUT2D eigenvalue weighted by molar-refractivity contribution is 0.0955. The molecule has 0 bridgehead atoms. The van der Waals surface area contributed by atoms with Gasteiger partial charge in [0.1, 0.15) is 11.5 Å². The Hall–Kier alpha value is -3.47. The molecule has 0 aliphatic heterocycles. The number of carbonyl (C=O) groups is 2. The molecule has 0 heterocycles. The average Bonchev–Trinajstić information content (AvgIpc) is 2.88. The predicted octanol–water partition coefficient (Wildman–Crippen LogP) is 2.88. The highest BCUT2D eigenvalue weighted by molar-refractivity contribution is 6.59. The summed E-state index contributed by atoms with van der Waals surface area (Å²) in [4.78, 5) is 24.7. The maximum Gasteiger partial charge on any atom is 0.271 e. The second kappa shape index (κ2) is 5.31. The highest BCUT2D eigenvalue weighted by Crippen LogP contribution is 2.30. The van der Waals surface area contributed by atoms with Crippen LogP contribution in [-0.4, -0.2) is 22.5 Å². The van der Waals surface area contributed by atoms with E-state index in [9.17, 15) is 14.7 Å². The van der Waals surface area contributed by atoms with Crippen LogP contribution in [0.3, 0.4) is 0 Å². The molecule has 5 heteroatoms. The number of hydrazone groups is 1. The molecule has 0 saturated carbocycles. The summed E-state index contributed by atoms with van der Waals surface area (Å²) in [7, 11) is 0. The second-order valence-electron chi connectivity index (χ2n) is 5.49. The maximum absolute atomic E-state index is 12.6. The Balaban J connectivity index is 1.69. The molecule has 0 saturated heterocycles. The summed E-state index contributed by atoms with van der Waals surface area (Å²) in [5.41, 5.74) is 4.31. The van der Waals surface area contributed by atoms with Gasteiger partial charge in [-0.3, -0.25) is 9.59 Å². The van der Waals surface area contributed by atoms with Crippen molar-refractivity contribution in [1.82, 2.24) is 5.43 Å². The van der Waals surface area contributed by atoms with Crippen molar-refractivity contribution in [2.75, 3.05) is 0 Å². The van der Waals surface area contributed by atoms with E-state index in [0.29, 0.717) is 11.1 Å². The third-order valence-electron chi connectivity index (χ3n) is 4.02. The lowest BCUT2D eigenvalue weighted by atomic mass is 10.1. The van der Waals surface area contributed by atoms with E-state index in [1.165, 1.54) is 24.3 Å². The van der Waals surface area contributed by atoms with E-state index in [1.54, 1.807) is 6.07 Å². The van der Waals surface area contributed by atoms with Gasteiger partial charge in [-0.05, 0) is 29.7 Å². The minimum atomic E-state index is -0.446. The van der Waals surface area contributed by atoms with Gasteiger partial charge in [0, 0.05) is 22.1 Å². The van der Waals surface area contributed by atoms with Gasteiger partial charge in [0.2, 0.25) is 5.78 Å². The van der Waals surface area contributed by atoms with Crippen LogP contribution in [-0.2, 0) is 0 Å². The number of phenolic OH excluding ortho intramolecular Hbond substituents is 1. The summed E-state index contributed by atoms with van der Waals surface area (Å²) in [6, 6.07) is 16.9. The quantitative estimate of drug-likeness (QED) is 0.714. The monoisotopic (exact) mass is 316 g/mol. The van der Waals surface area contributed by atoms with Crippen LogP contribution in [0.25, 0.3) is 10.8 Å². The highest BCUT2D eigenvalue weighted by atomic mass is 16.3. The van der Waals surface area contributed by atoms with Crippen molar-refractivity contribution in [1.29, 1.82) is 0 Å². The van der Waals surface area contributed by atoms with Crippen LogP contribution in [0.15, 0.2) is 65.8 Å². The fraction of sp³-hybridized carbons (Fsp3) is 0. The molecule has 0 radical (unpaired) electrons. The van der Waals surface area contributed by atoms with Gasteiger partial charge < -0.3 is 5.11 Å². The lowest BCUT2D eigenvalue weighted by Gasteiger charge is -2.02. The van der Waals surface area contributed by atoms with Crippen LogP contribution in [0.4, 0.5) is 0 Å². The number of nitrogens with one attached hydrogen (secondary N) is 1. The first kappa shape index (κ1) is 14.1. The Bertz CT molecular complexity index is 1020. The summed E-state index contributed by atoms with van der Waals surface area (Å²) in [6.45, 7) is 0. The zero-order chi connectivity index (χ0) is 16.7. The van der Waals surface area contributed by atoms with Gasteiger partial charge >= 0.3 is 0 Å². The Morgan fingerprint density at radius 2 is 1.58 bits per heavy atom. The third kappa shape index (κ3) is 2.14. The van der Waals surface area contributed by atoms with E-state index >= 15 is 0 Å². The molecule has 24 heavy (non-hydrogen) atoms. The predicted molar refractivity (Wildman–Crippen MR) is 90.4 cm³/mol. The Labute approximate surface area is 137 Å². The fourth-order valence-corrected chi connectivity index (χ4v) is 2.87. The van der Waals surface area contributed by atoms with Gasteiger partial charge in [0.25, 0.3) is 5.91 Å². The first-order valence-corrected chi connectivity index (χ1v) is 7.39. The number of phenols is 1. The van der Waals surface area contributed by atoms with Gasteiger partial charge in [0.15, 0.2) is 0 Å². The van der Waals surface area contributed by atoms with E-state index in [4.69, 9.17) is 0 Å². The van der Waals surface area contributed by atoms with Crippen LogP contribution in [0.1, 0.15) is 26.3 Å². The molecular weight excluding hydrogens is 304 g/mol. The Morgan fingerprint density at radius 3 is 2.29 bits per heavy atom. The van der Waals surface area contributed by atoms with Crippen molar-refractivity contribution < 1.29 is 14.7 Å². The zero-order valence-electron chi connectivity index (χ0n) is 12.5. The summed E-state index contributed by atoms with van der Waals surface area (Å²) in [5.74, 6) is -0.572. The molecule has 1 aliphatic rings. The van der Waals surface area contributed by atoms with Crippen molar-refractivity contribution in [3.8, 4) is 5.75 Å². The topological polar surface area (TPSA) is 78.8 Å². The van der Waals surface area contributed by atoms with Gasteiger partial charge in [-0.15, -0.1) is 0 Å². The molecule has 1 aliphatic carbocycles. The number of hydrogen-bond acceptors (Lipinski definition) is 4. The van der Waals surface area contributed by atoms with Crippen LogP contribution in [0.5, 0.6) is 5.75 Å². The second-order valence-corrected chi connectivity index (χ2v) is 5.49. The molecule has 4 rings (SSSR count). The van der Waals surface area contributed by atoms with Crippen LogP contribution in [0, 0.1) is 0 Å². The smallest absolute Gasteiger partial charge is 0.271 e. The Morgan fingerprint density at radius 1 is 0.917 bits per heavy atom. The summed E-state index contributed by atoms with van der Waals surface area (Å²) in [6.07, 6.45) is 0. The van der Waals surface area contributed by atoms with Crippen molar-refractivity contribution in [2.24, 2.45) is 5.10 Å². The lowest BCUT2D eigenvalue weighted by Crippen LogP contribution is -2.22. The van der Waals surface area contributed by atoms with Crippen molar-refractivity contribution in [3.63, 3.8) is 0 Å². The standard InChI is InChI=1S/C19H12N2O3/c22-13-9-7-12(8-10-13)19(24)21-20-17-14-5-1-3-11-4-2-6-15(16(11)14)18(17)23/h1-10,22H,(H,21,24)/b20-17-. The van der Waals surface area contributed by atoms with Gasteiger partial charge in [0.05, 0.1) is 0 Å². The largest absolute Gasteiger partial charge is 0.508 e. The number of amides is 1. The minimum absolute atomic E-state index is 0.0750. The van der Waals surface area contributed by atoms with E-state index in [-0.39, 0.29) is 17.2 Å². The number of hydrogen-bond donors (Lipinski definition) is 2. The molecule has 0 atom stereocenters. The van der Waals surface area contributed by atoms with Crippen molar-refractivity contribution >= 4 is 28.2 Å². The summed E-state index contributed by atoms with van der Waals surface area (Å²) in [5, 5.41) is 15.1. The molecule has 1 amide bonds. The molecule has 0 aromatic heterocycles. The molecule has 5 nitrogen and oxygen atoms in total. The minimum Gasteiger partial charge on any atom is -0.508 e. The highest BCUT2D eigenvalue weighted by Gasteiger charge is 2.28. The third-order valence-corrected chi connectivity index (χ3v) is 4.02. The van der Waals surface area contributed by atoms with E-state index in [2.05, 4.69) is 10.5 Å². The number of ketones is 1. The van der Waals surface area contributed by atoms with E-state index in [0.717, 1.165) is 16.3 Å². The molecule has 2 N–H and O–H groups in total. The van der Waals surface area contributed by atoms with Crippen LogP contribution >= 0.6 is 0 Å². The molecule has 0 unspecified atom stereocenters. The molecule has 0 fully saturated rings. The fourth-order valence-electron chi connectivity index (χ4n) is 2.87. The van der Waals surface area contributed by atoms with Gasteiger partial charge in [-0.1, -0.05) is 36.4 Å². The first-order chi connectivity index (χ1) is 11.6. The molecule has 0 spiro atoms. The normalized spacial score (nSPS) is 14.3. The number of rotatable bonds is 2. The van der Waals surface area contributed by atoms with Crippen LogP contribution in [0.2, 0.25) is 0 Å². The van der Waals surface area contributed by atoms with Gasteiger partial charge in [-0.25, -0.2) is 5.43 Å². The number of carbonyl (C=O) groups excluding carboxylic acids is 2. The van der Waals surface area contributed by atoms with Gasteiger partial charge in [-0.2, -0.15) is 5.10 Å². The van der Waals surface area contributed by atoms with E-state index < -0.39 is 5.91 Å². The average molecular weight is 316 g/mol. The number of Topliss-reactive ketones (excluding diaryl/α,β-unsaturated/α-hetero) is 1. The zero-order valence-corrected chi connectivity index (χ0v) is 12.5. The van der Waals surface area contributed by atoms with Crippen molar-refractivity contribution in [3.05, 3.63) is 77.4 Å². The maximum atomic E-state index is 12.6. The number of nitrogens with zero attached hydrogens (tertiary/aromatic N) is 1. The molecular formula is C19H12N2O3. The van der Waals surface area contributed by atoms with E-state index in [1.807, 2.05) is 30.3 Å². The van der Waals surface area contributed by atoms with Crippen molar-refractivity contribution in [2.45, 2.75) is 0 Å². The summed E-state index contributed by atoms with van der Waals surface area (Å²) >= 11 is 0. The summed E-state index contributed by atoms with van der Waals surface area (Å²) < 4.78 is 0. The molecule has 3 aromatic carbocycles. The SMILES string of the molecule is O=C(N/N=C1\C(=O)c2cccc3cccc1c23)c1ccc(O)cc1. The molecule has 3 aromatic rings. The number of benzene rings is 3. The Kier molecular flexibility index (Phi) is 3.13. The number of aromatic hydroxyl groups is 1. The van der Waals surface area contributed by atoms with Crippen LogP contribution < -0.4 is 5.43 Å². The first-order valence-electron chi connectivity index (χ1n) is 7.39.